The number of hydrogen-bond acceptors (Lipinski definition) is 3. The van der Waals surface area contributed by atoms with E-state index in [-0.39, 0.29) is 5.75 Å². The van der Waals surface area contributed by atoms with Crippen LogP contribution < -0.4 is 9.64 Å². The van der Waals surface area contributed by atoms with Crippen molar-refractivity contribution < 1.29 is 17.9 Å². The van der Waals surface area contributed by atoms with Crippen molar-refractivity contribution in [1.29, 1.82) is 5.26 Å². The minimum Gasteiger partial charge on any atom is -0.406 e. The maximum atomic E-state index is 12.1. The lowest BCUT2D eigenvalue weighted by molar-refractivity contribution is -0.274. The summed E-state index contributed by atoms with van der Waals surface area (Å²) in [6.07, 6.45) is -4.68. The smallest absolute Gasteiger partial charge is 0.406 e. The molecule has 22 heavy (non-hydrogen) atoms. The third-order valence-electron chi connectivity index (χ3n) is 2.99. The molecule has 0 spiro atoms. The zero-order valence-corrected chi connectivity index (χ0v) is 11.8. The number of anilines is 1. The highest BCUT2D eigenvalue weighted by molar-refractivity contribution is 5.51. The summed E-state index contributed by atoms with van der Waals surface area (Å²) in [4.78, 5) is 1.90. The number of ether oxygens (including phenoxy) is 1. The van der Waals surface area contributed by atoms with E-state index in [4.69, 9.17) is 5.26 Å². The second-order valence-electron chi connectivity index (χ2n) is 4.71. The van der Waals surface area contributed by atoms with Crippen molar-refractivity contribution >= 4 is 5.69 Å². The Balaban J connectivity index is 2.05. The lowest BCUT2D eigenvalue weighted by Crippen LogP contribution is -2.18. The van der Waals surface area contributed by atoms with Crippen LogP contribution in [0.4, 0.5) is 18.9 Å². The van der Waals surface area contributed by atoms with Crippen LogP contribution in [0.25, 0.3) is 0 Å². The van der Waals surface area contributed by atoms with Gasteiger partial charge in [-0.1, -0.05) is 18.2 Å². The van der Waals surface area contributed by atoms with E-state index in [0.29, 0.717) is 12.1 Å². The van der Waals surface area contributed by atoms with Gasteiger partial charge in [-0.05, 0) is 35.9 Å². The summed E-state index contributed by atoms with van der Waals surface area (Å²) in [6, 6.07) is 14.9. The van der Waals surface area contributed by atoms with Crippen LogP contribution in [-0.2, 0) is 6.54 Å². The number of alkyl halides is 3. The molecule has 0 aromatic heterocycles. The Kier molecular flexibility index (Phi) is 4.56. The van der Waals surface area contributed by atoms with Crippen LogP contribution in [-0.4, -0.2) is 13.4 Å². The number of rotatable bonds is 4. The van der Waals surface area contributed by atoms with Crippen molar-refractivity contribution in [2.75, 3.05) is 11.9 Å². The normalized spacial score (nSPS) is 10.9. The van der Waals surface area contributed by atoms with Crippen LogP contribution in [0.2, 0.25) is 0 Å². The lowest BCUT2D eigenvalue weighted by Gasteiger charge is -2.19. The quantitative estimate of drug-likeness (QED) is 0.853. The maximum absolute atomic E-state index is 12.1. The Labute approximate surface area is 126 Å². The van der Waals surface area contributed by atoms with Crippen molar-refractivity contribution in [2.24, 2.45) is 0 Å². The summed E-state index contributed by atoms with van der Waals surface area (Å²) in [7, 11) is 1.84. The van der Waals surface area contributed by atoms with Crippen LogP contribution in [0, 0.1) is 11.3 Å². The summed E-state index contributed by atoms with van der Waals surface area (Å²) >= 11 is 0. The van der Waals surface area contributed by atoms with Crippen molar-refractivity contribution in [3.63, 3.8) is 0 Å². The van der Waals surface area contributed by atoms with Crippen LogP contribution in [0.5, 0.6) is 5.75 Å². The molecule has 0 aliphatic carbocycles. The predicted octanol–water partition coefficient (Wildman–Crippen LogP) is 4.09. The van der Waals surface area contributed by atoms with Crippen molar-refractivity contribution in [3.05, 3.63) is 59.7 Å². The van der Waals surface area contributed by atoms with Gasteiger partial charge in [0.05, 0.1) is 11.6 Å². The molecule has 6 heteroatoms. The molecule has 0 atom stereocenters. The minimum absolute atomic E-state index is 0.245. The largest absolute Gasteiger partial charge is 0.573 e. The van der Waals surface area contributed by atoms with Gasteiger partial charge in [0, 0.05) is 19.3 Å². The molecule has 2 rings (SSSR count). The number of nitrogens with zero attached hydrogens (tertiary/aromatic N) is 2. The van der Waals surface area contributed by atoms with E-state index in [9.17, 15) is 13.2 Å². The third-order valence-corrected chi connectivity index (χ3v) is 2.99. The van der Waals surface area contributed by atoms with Gasteiger partial charge < -0.3 is 9.64 Å². The van der Waals surface area contributed by atoms with E-state index in [1.54, 1.807) is 30.3 Å². The molecule has 0 fully saturated rings. The highest BCUT2D eigenvalue weighted by Crippen LogP contribution is 2.23. The van der Waals surface area contributed by atoms with E-state index in [2.05, 4.69) is 10.8 Å². The molecule has 2 aromatic rings. The minimum atomic E-state index is -4.68. The summed E-state index contributed by atoms with van der Waals surface area (Å²) in [6.45, 7) is 0.501. The van der Waals surface area contributed by atoms with Crippen LogP contribution in [0.3, 0.4) is 0 Å². The van der Waals surface area contributed by atoms with Crippen LogP contribution >= 0.6 is 0 Å². The molecule has 0 saturated heterocycles. The fraction of sp³-hybridized carbons (Fsp3) is 0.188. The van der Waals surface area contributed by atoms with Gasteiger partial charge >= 0.3 is 6.36 Å². The first-order chi connectivity index (χ1) is 10.4. The first-order valence-electron chi connectivity index (χ1n) is 6.43. The molecule has 0 aliphatic heterocycles. The van der Waals surface area contributed by atoms with E-state index in [1.807, 2.05) is 18.0 Å². The second-order valence-corrected chi connectivity index (χ2v) is 4.71. The first kappa shape index (κ1) is 15.7. The molecule has 0 aliphatic rings. The highest BCUT2D eigenvalue weighted by atomic mass is 19.4. The first-order valence-corrected chi connectivity index (χ1v) is 6.43. The molecule has 0 bridgehead atoms. The average molecular weight is 306 g/mol. The Morgan fingerprint density at radius 3 is 2.41 bits per heavy atom. The molecule has 114 valence electrons. The molecular weight excluding hydrogens is 293 g/mol. The summed E-state index contributed by atoms with van der Waals surface area (Å²) in [5, 5.41) is 8.88. The zero-order chi connectivity index (χ0) is 16.2. The van der Waals surface area contributed by atoms with Gasteiger partial charge in [-0.15, -0.1) is 13.2 Å². The van der Waals surface area contributed by atoms with Crippen molar-refractivity contribution in [1.82, 2.24) is 0 Å². The predicted molar refractivity (Wildman–Crippen MR) is 76.4 cm³/mol. The molecule has 2 aromatic carbocycles. The highest BCUT2D eigenvalue weighted by Gasteiger charge is 2.30. The molecule has 3 nitrogen and oxygen atoms in total. The third kappa shape index (κ3) is 4.42. The SMILES string of the molecule is CN(Cc1ccc(OC(F)(F)F)cc1)c1cccc(C#N)c1. The van der Waals surface area contributed by atoms with Gasteiger partial charge in [0.2, 0.25) is 0 Å². The fourth-order valence-corrected chi connectivity index (χ4v) is 1.97. The Bertz CT molecular complexity index is 675. The maximum Gasteiger partial charge on any atom is 0.573 e. The molecule has 0 amide bonds. The molecule has 0 unspecified atom stereocenters. The molecule has 0 N–H and O–H groups in total. The molecule has 0 heterocycles. The van der Waals surface area contributed by atoms with Crippen LogP contribution in [0.1, 0.15) is 11.1 Å². The number of benzene rings is 2. The molecular formula is C16H13F3N2O. The number of hydrogen-bond donors (Lipinski definition) is 0. The molecule has 0 saturated carbocycles. The Morgan fingerprint density at radius 1 is 1.14 bits per heavy atom. The van der Waals surface area contributed by atoms with E-state index < -0.39 is 6.36 Å². The zero-order valence-electron chi connectivity index (χ0n) is 11.8. The van der Waals surface area contributed by atoms with E-state index >= 15 is 0 Å². The summed E-state index contributed by atoms with van der Waals surface area (Å²) < 4.78 is 40.1. The second kappa shape index (κ2) is 6.39. The van der Waals surface area contributed by atoms with Crippen molar-refractivity contribution in [2.45, 2.75) is 12.9 Å². The van der Waals surface area contributed by atoms with E-state index in [0.717, 1.165) is 11.3 Å². The lowest BCUT2D eigenvalue weighted by atomic mass is 10.1. The number of nitriles is 1. The van der Waals surface area contributed by atoms with Gasteiger partial charge in [0.25, 0.3) is 0 Å². The molecule has 0 radical (unpaired) electrons. The summed E-state index contributed by atoms with van der Waals surface area (Å²) in [5.41, 5.74) is 2.24. The summed E-state index contributed by atoms with van der Waals surface area (Å²) in [5.74, 6) is -0.245. The van der Waals surface area contributed by atoms with Gasteiger partial charge in [-0.25, -0.2) is 0 Å². The Morgan fingerprint density at radius 2 is 1.82 bits per heavy atom. The fourth-order valence-electron chi connectivity index (χ4n) is 1.97. The van der Waals surface area contributed by atoms with E-state index in [1.165, 1.54) is 12.1 Å². The van der Waals surface area contributed by atoms with Gasteiger partial charge in [-0.3, -0.25) is 0 Å². The Hall–Kier alpha value is -2.68. The number of halogens is 3. The average Bonchev–Trinajstić information content (AvgIpc) is 2.48. The monoisotopic (exact) mass is 306 g/mol. The van der Waals surface area contributed by atoms with Gasteiger partial charge in [0.1, 0.15) is 5.75 Å². The van der Waals surface area contributed by atoms with Gasteiger partial charge in [0.15, 0.2) is 0 Å². The van der Waals surface area contributed by atoms with Crippen molar-refractivity contribution in [3.8, 4) is 11.8 Å². The standard InChI is InChI=1S/C16H13F3N2O/c1-21(14-4-2-3-13(9-14)10-20)11-12-5-7-15(8-6-12)22-16(17,18)19/h2-9H,11H2,1H3. The van der Waals surface area contributed by atoms with Crippen LogP contribution in [0.15, 0.2) is 48.5 Å². The van der Waals surface area contributed by atoms with Gasteiger partial charge in [-0.2, -0.15) is 5.26 Å². The topological polar surface area (TPSA) is 36.3 Å².